The van der Waals surface area contributed by atoms with E-state index in [1.54, 1.807) is 0 Å². The van der Waals surface area contributed by atoms with E-state index >= 15 is 0 Å². The second kappa shape index (κ2) is 7.78. The lowest BCUT2D eigenvalue weighted by molar-refractivity contribution is -0.143. The standard InChI is InChI=1S/C15H28O3/c1-2-3-5-8-13(16)9-6-4-7-10-15(11-12-15)14(17)18/h13,16H,2-12H2,1H3,(H,17,18). The van der Waals surface area contributed by atoms with E-state index in [4.69, 9.17) is 5.11 Å². The zero-order valence-corrected chi connectivity index (χ0v) is 11.7. The van der Waals surface area contributed by atoms with Gasteiger partial charge < -0.3 is 10.2 Å². The van der Waals surface area contributed by atoms with Crippen molar-refractivity contribution in [1.82, 2.24) is 0 Å². The Morgan fingerprint density at radius 2 is 1.72 bits per heavy atom. The van der Waals surface area contributed by atoms with Crippen LogP contribution in [-0.4, -0.2) is 22.3 Å². The van der Waals surface area contributed by atoms with Crippen molar-refractivity contribution in [2.24, 2.45) is 5.41 Å². The molecule has 1 rings (SSSR count). The molecule has 0 aromatic carbocycles. The van der Waals surface area contributed by atoms with Gasteiger partial charge in [0.15, 0.2) is 0 Å². The number of carboxylic acid groups (broad SMARTS) is 1. The van der Waals surface area contributed by atoms with Crippen molar-refractivity contribution in [1.29, 1.82) is 0 Å². The zero-order valence-electron chi connectivity index (χ0n) is 11.7. The lowest BCUT2D eigenvalue weighted by Crippen LogP contribution is -2.14. The van der Waals surface area contributed by atoms with E-state index in [0.29, 0.717) is 0 Å². The van der Waals surface area contributed by atoms with Gasteiger partial charge in [-0.05, 0) is 32.1 Å². The maximum absolute atomic E-state index is 11.0. The molecule has 1 fully saturated rings. The minimum Gasteiger partial charge on any atom is -0.481 e. The van der Waals surface area contributed by atoms with Crippen LogP contribution in [-0.2, 0) is 4.79 Å². The van der Waals surface area contributed by atoms with E-state index in [2.05, 4.69) is 6.92 Å². The summed E-state index contributed by atoms with van der Waals surface area (Å²) in [5.41, 5.74) is -0.361. The Labute approximate surface area is 111 Å². The molecule has 0 spiro atoms. The van der Waals surface area contributed by atoms with Crippen LogP contribution >= 0.6 is 0 Å². The fraction of sp³-hybridized carbons (Fsp3) is 0.933. The van der Waals surface area contributed by atoms with Crippen LogP contribution in [0.3, 0.4) is 0 Å². The van der Waals surface area contributed by atoms with Gasteiger partial charge in [0.1, 0.15) is 0 Å². The highest BCUT2D eigenvalue weighted by molar-refractivity contribution is 5.77. The van der Waals surface area contributed by atoms with E-state index in [1.807, 2.05) is 0 Å². The van der Waals surface area contributed by atoms with Crippen molar-refractivity contribution < 1.29 is 15.0 Å². The quantitative estimate of drug-likeness (QED) is 0.554. The Morgan fingerprint density at radius 3 is 2.22 bits per heavy atom. The molecule has 2 N–H and O–H groups in total. The fourth-order valence-corrected chi connectivity index (χ4v) is 2.52. The summed E-state index contributed by atoms with van der Waals surface area (Å²) in [5, 5.41) is 18.8. The Hall–Kier alpha value is -0.570. The van der Waals surface area contributed by atoms with Gasteiger partial charge in [0.25, 0.3) is 0 Å². The average molecular weight is 256 g/mol. The molecule has 1 aliphatic rings. The number of hydrogen-bond acceptors (Lipinski definition) is 2. The SMILES string of the molecule is CCCCCC(O)CCCCCC1(C(=O)O)CC1. The number of aliphatic hydroxyl groups is 1. The van der Waals surface area contributed by atoms with Crippen LogP contribution in [0.2, 0.25) is 0 Å². The average Bonchev–Trinajstić information content (AvgIpc) is 3.10. The molecule has 0 aromatic rings. The van der Waals surface area contributed by atoms with E-state index in [-0.39, 0.29) is 11.5 Å². The number of hydrogen-bond donors (Lipinski definition) is 2. The van der Waals surface area contributed by atoms with Crippen molar-refractivity contribution in [3.8, 4) is 0 Å². The summed E-state index contributed by atoms with van der Waals surface area (Å²) in [4.78, 5) is 11.0. The molecule has 3 heteroatoms. The van der Waals surface area contributed by atoms with Crippen molar-refractivity contribution in [3.63, 3.8) is 0 Å². The molecule has 0 aromatic heterocycles. The third kappa shape index (κ3) is 5.38. The Balaban J connectivity index is 1.94. The first-order chi connectivity index (χ1) is 8.60. The van der Waals surface area contributed by atoms with Crippen molar-refractivity contribution in [3.05, 3.63) is 0 Å². The van der Waals surface area contributed by atoms with Crippen LogP contribution in [0.15, 0.2) is 0 Å². The first-order valence-electron chi connectivity index (χ1n) is 7.52. The molecule has 106 valence electrons. The van der Waals surface area contributed by atoms with Gasteiger partial charge in [-0.3, -0.25) is 4.79 Å². The van der Waals surface area contributed by atoms with Gasteiger partial charge in [-0.1, -0.05) is 45.4 Å². The van der Waals surface area contributed by atoms with Crippen LogP contribution in [0.25, 0.3) is 0 Å². The van der Waals surface area contributed by atoms with E-state index < -0.39 is 5.97 Å². The Kier molecular flexibility index (Phi) is 6.69. The second-order valence-electron chi connectivity index (χ2n) is 5.83. The molecule has 0 amide bonds. The highest BCUT2D eigenvalue weighted by Crippen LogP contribution is 2.50. The molecule has 18 heavy (non-hydrogen) atoms. The zero-order chi connectivity index (χ0) is 13.4. The van der Waals surface area contributed by atoms with Gasteiger partial charge in [-0.15, -0.1) is 0 Å². The summed E-state index contributed by atoms with van der Waals surface area (Å²) >= 11 is 0. The molecule has 0 bridgehead atoms. The lowest BCUT2D eigenvalue weighted by Gasteiger charge is -2.11. The van der Waals surface area contributed by atoms with Crippen LogP contribution in [0.4, 0.5) is 0 Å². The summed E-state index contributed by atoms with van der Waals surface area (Å²) < 4.78 is 0. The Bertz CT molecular complexity index is 246. The topological polar surface area (TPSA) is 57.5 Å². The van der Waals surface area contributed by atoms with Crippen LogP contribution in [0.5, 0.6) is 0 Å². The van der Waals surface area contributed by atoms with Crippen molar-refractivity contribution in [2.45, 2.75) is 83.7 Å². The monoisotopic (exact) mass is 256 g/mol. The predicted molar refractivity (Wildman–Crippen MR) is 72.5 cm³/mol. The van der Waals surface area contributed by atoms with Gasteiger partial charge >= 0.3 is 5.97 Å². The molecule has 1 aliphatic carbocycles. The van der Waals surface area contributed by atoms with Crippen molar-refractivity contribution >= 4 is 5.97 Å². The molecule has 1 unspecified atom stereocenters. The molecular weight excluding hydrogens is 228 g/mol. The number of rotatable bonds is 11. The molecule has 1 saturated carbocycles. The summed E-state index contributed by atoms with van der Waals surface area (Å²) in [5.74, 6) is -0.609. The van der Waals surface area contributed by atoms with E-state index in [9.17, 15) is 9.90 Å². The first kappa shape index (κ1) is 15.5. The Morgan fingerprint density at radius 1 is 1.11 bits per heavy atom. The molecule has 0 saturated heterocycles. The van der Waals surface area contributed by atoms with Gasteiger partial charge in [-0.25, -0.2) is 0 Å². The first-order valence-corrected chi connectivity index (χ1v) is 7.52. The summed E-state index contributed by atoms with van der Waals surface area (Å²) in [6.45, 7) is 2.17. The minimum absolute atomic E-state index is 0.147. The third-order valence-electron chi connectivity index (χ3n) is 4.14. The normalized spacial score (nSPS) is 18.6. The molecule has 0 heterocycles. The fourth-order valence-electron chi connectivity index (χ4n) is 2.52. The van der Waals surface area contributed by atoms with E-state index in [0.717, 1.165) is 57.8 Å². The summed E-state index contributed by atoms with van der Waals surface area (Å²) in [6, 6.07) is 0. The van der Waals surface area contributed by atoms with Gasteiger partial charge in [0.2, 0.25) is 0 Å². The largest absolute Gasteiger partial charge is 0.481 e. The summed E-state index contributed by atoms with van der Waals surface area (Å²) in [6.07, 6.45) is 10.8. The molecule has 3 nitrogen and oxygen atoms in total. The highest BCUT2D eigenvalue weighted by atomic mass is 16.4. The van der Waals surface area contributed by atoms with Gasteiger partial charge in [0, 0.05) is 0 Å². The second-order valence-corrected chi connectivity index (χ2v) is 5.83. The lowest BCUT2D eigenvalue weighted by atomic mass is 9.97. The third-order valence-corrected chi connectivity index (χ3v) is 4.14. The molecule has 1 atom stereocenters. The number of carboxylic acids is 1. The highest BCUT2D eigenvalue weighted by Gasteiger charge is 2.49. The van der Waals surface area contributed by atoms with Crippen molar-refractivity contribution in [2.75, 3.05) is 0 Å². The number of aliphatic hydroxyl groups excluding tert-OH is 1. The smallest absolute Gasteiger partial charge is 0.309 e. The van der Waals surface area contributed by atoms with Crippen LogP contribution in [0.1, 0.15) is 77.6 Å². The van der Waals surface area contributed by atoms with Gasteiger partial charge in [-0.2, -0.15) is 0 Å². The maximum Gasteiger partial charge on any atom is 0.309 e. The molecule has 0 radical (unpaired) electrons. The van der Waals surface area contributed by atoms with Crippen LogP contribution in [0, 0.1) is 5.41 Å². The van der Waals surface area contributed by atoms with Crippen LogP contribution < -0.4 is 0 Å². The number of aliphatic carboxylic acids is 1. The number of unbranched alkanes of at least 4 members (excludes halogenated alkanes) is 4. The maximum atomic E-state index is 11.0. The molecular formula is C15H28O3. The minimum atomic E-state index is -0.609. The predicted octanol–water partition coefficient (Wildman–Crippen LogP) is 3.74. The number of carbonyl (C=O) groups is 1. The van der Waals surface area contributed by atoms with E-state index in [1.165, 1.54) is 12.8 Å². The molecule has 0 aliphatic heterocycles. The summed E-state index contributed by atoms with van der Waals surface area (Å²) in [7, 11) is 0. The van der Waals surface area contributed by atoms with Gasteiger partial charge in [0.05, 0.1) is 11.5 Å².